The van der Waals surface area contributed by atoms with E-state index in [1.54, 1.807) is 19.9 Å². The topological polar surface area (TPSA) is 17.1 Å². The lowest BCUT2D eigenvalue weighted by atomic mass is 10.1. The van der Waals surface area contributed by atoms with E-state index in [0.717, 1.165) is 0 Å². The first-order valence-corrected chi connectivity index (χ1v) is 3.51. The van der Waals surface area contributed by atoms with Gasteiger partial charge in [-0.3, -0.25) is 4.79 Å². The maximum Gasteiger partial charge on any atom is 0.158 e. The van der Waals surface area contributed by atoms with Gasteiger partial charge in [-0.05, 0) is 33.3 Å². The minimum absolute atomic E-state index is 0.195. The maximum atomic E-state index is 13.0. The second-order valence-electron chi connectivity index (χ2n) is 2.47. The highest BCUT2D eigenvalue weighted by Crippen LogP contribution is 2.15. The van der Waals surface area contributed by atoms with Crippen LogP contribution in [0, 0.1) is 0 Å². The molecule has 11 heavy (non-hydrogen) atoms. The molecule has 0 heterocycles. The summed E-state index contributed by atoms with van der Waals surface area (Å²) in [5.41, 5.74) is 0.707. The van der Waals surface area contributed by atoms with Crippen LogP contribution in [0.3, 0.4) is 0 Å². The van der Waals surface area contributed by atoms with Gasteiger partial charge in [0.25, 0.3) is 0 Å². The summed E-state index contributed by atoms with van der Waals surface area (Å²) in [5.74, 6) is -0.622. The fourth-order valence-corrected chi connectivity index (χ4v) is 0.577. The highest BCUT2D eigenvalue weighted by molar-refractivity contribution is 5.93. The number of hydrogen-bond donors (Lipinski definition) is 0. The van der Waals surface area contributed by atoms with E-state index in [4.69, 9.17) is 0 Å². The molecule has 0 N–H and O–H groups in total. The zero-order valence-corrected chi connectivity index (χ0v) is 7.36. The molecule has 0 aromatic carbocycles. The van der Waals surface area contributed by atoms with Crippen LogP contribution in [0.5, 0.6) is 0 Å². The normalized spacial score (nSPS) is 14.5. The van der Waals surface area contributed by atoms with Crippen LogP contribution in [0.1, 0.15) is 27.7 Å². The largest absolute Gasteiger partial charge is 0.295 e. The van der Waals surface area contributed by atoms with Crippen LogP contribution in [0.4, 0.5) is 4.39 Å². The van der Waals surface area contributed by atoms with E-state index in [2.05, 4.69) is 0 Å². The van der Waals surface area contributed by atoms with Crippen LogP contribution in [-0.2, 0) is 4.79 Å². The molecular formula is C9H13FO. The smallest absolute Gasteiger partial charge is 0.158 e. The standard InChI is InChI=1S/C9H13FO/c1-5-6(2)9(10)7(3)8(4)11/h5H,1-4H3/b6-5-,9-7-. The zero-order valence-electron chi connectivity index (χ0n) is 7.36. The third kappa shape index (κ3) is 2.66. The van der Waals surface area contributed by atoms with Crippen molar-refractivity contribution in [3.63, 3.8) is 0 Å². The first-order valence-electron chi connectivity index (χ1n) is 3.51. The number of allylic oxidation sites excluding steroid dienone is 4. The van der Waals surface area contributed by atoms with Crippen molar-refractivity contribution in [2.24, 2.45) is 0 Å². The predicted octanol–water partition coefficient (Wildman–Crippen LogP) is 2.79. The first-order chi connectivity index (χ1) is 5.00. The average molecular weight is 156 g/mol. The molecular weight excluding hydrogens is 143 g/mol. The van der Waals surface area contributed by atoms with E-state index in [9.17, 15) is 9.18 Å². The quantitative estimate of drug-likeness (QED) is 0.444. The molecule has 0 aromatic heterocycles. The summed E-state index contributed by atoms with van der Waals surface area (Å²) in [7, 11) is 0. The van der Waals surface area contributed by atoms with Gasteiger partial charge < -0.3 is 0 Å². The summed E-state index contributed by atoms with van der Waals surface area (Å²) in [4.78, 5) is 10.7. The van der Waals surface area contributed by atoms with Crippen molar-refractivity contribution in [1.29, 1.82) is 0 Å². The Bertz CT molecular complexity index is 224. The third-order valence-corrected chi connectivity index (χ3v) is 1.64. The molecule has 0 aromatic rings. The second kappa shape index (κ2) is 4.06. The first kappa shape index (κ1) is 10.1. The molecule has 62 valence electrons. The molecule has 0 atom stereocenters. The molecule has 2 heteroatoms. The van der Waals surface area contributed by atoms with Gasteiger partial charge in [-0.2, -0.15) is 0 Å². The Morgan fingerprint density at radius 2 is 1.73 bits per heavy atom. The van der Waals surface area contributed by atoms with Gasteiger partial charge in [0, 0.05) is 5.57 Å². The summed E-state index contributed by atoms with van der Waals surface area (Å²) in [6, 6.07) is 0. The van der Waals surface area contributed by atoms with E-state index >= 15 is 0 Å². The van der Waals surface area contributed by atoms with Gasteiger partial charge >= 0.3 is 0 Å². The lowest BCUT2D eigenvalue weighted by Crippen LogP contribution is -1.95. The van der Waals surface area contributed by atoms with Gasteiger partial charge in [0.15, 0.2) is 5.78 Å². The van der Waals surface area contributed by atoms with Crippen molar-refractivity contribution in [1.82, 2.24) is 0 Å². The van der Waals surface area contributed by atoms with Crippen molar-refractivity contribution in [3.8, 4) is 0 Å². The highest BCUT2D eigenvalue weighted by Gasteiger charge is 2.06. The molecule has 0 saturated heterocycles. The average Bonchev–Trinajstić information content (AvgIpc) is 2.00. The number of hydrogen-bond acceptors (Lipinski definition) is 1. The molecule has 0 radical (unpaired) electrons. The van der Waals surface area contributed by atoms with Gasteiger partial charge in [-0.25, -0.2) is 4.39 Å². The molecule has 0 spiro atoms. The van der Waals surface area contributed by atoms with Gasteiger partial charge in [0.05, 0.1) is 0 Å². The van der Waals surface area contributed by atoms with Crippen molar-refractivity contribution in [2.45, 2.75) is 27.7 Å². The Morgan fingerprint density at radius 1 is 1.27 bits per heavy atom. The number of Topliss-reactive ketones (excluding diaryl/α,β-unsaturated/α-hetero) is 1. The summed E-state index contributed by atoms with van der Waals surface area (Å²) >= 11 is 0. The van der Waals surface area contributed by atoms with Gasteiger partial charge in [-0.15, -0.1) is 0 Å². The Labute approximate surface area is 66.6 Å². The fraction of sp³-hybridized carbons (Fsp3) is 0.444. The summed E-state index contributed by atoms with van der Waals surface area (Å²) < 4.78 is 13.0. The highest BCUT2D eigenvalue weighted by atomic mass is 19.1. The van der Waals surface area contributed by atoms with Crippen molar-refractivity contribution in [3.05, 3.63) is 23.0 Å². The van der Waals surface area contributed by atoms with Crippen molar-refractivity contribution < 1.29 is 9.18 Å². The van der Waals surface area contributed by atoms with Gasteiger partial charge in [0.2, 0.25) is 0 Å². The van der Waals surface area contributed by atoms with E-state index < -0.39 is 5.83 Å². The van der Waals surface area contributed by atoms with Crippen LogP contribution < -0.4 is 0 Å². The molecule has 0 aliphatic carbocycles. The Balaban J connectivity index is 4.81. The Morgan fingerprint density at radius 3 is 2.00 bits per heavy atom. The minimum Gasteiger partial charge on any atom is -0.295 e. The SMILES string of the molecule is C/C=C(C)\C(F)=C(/C)C(C)=O. The Hall–Kier alpha value is -0.920. The van der Waals surface area contributed by atoms with Crippen molar-refractivity contribution >= 4 is 5.78 Å². The summed E-state index contributed by atoms with van der Waals surface area (Å²) in [6.45, 7) is 6.23. The van der Waals surface area contributed by atoms with Gasteiger partial charge in [-0.1, -0.05) is 6.08 Å². The van der Waals surface area contributed by atoms with Crippen LogP contribution >= 0.6 is 0 Å². The number of ketones is 1. The molecule has 0 aliphatic rings. The van der Waals surface area contributed by atoms with Gasteiger partial charge in [0.1, 0.15) is 5.83 Å². The van der Waals surface area contributed by atoms with E-state index in [0.29, 0.717) is 5.57 Å². The third-order valence-electron chi connectivity index (χ3n) is 1.64. The van der Waals surface area contributed by atoms with Crippen LogP contribution in [-0.4, -0.2) is 5.78 Å². The van der Waals surface area contributed by atoms with E-state index in [1.165, 1.54) is 13.8 Å². The van der Waals surface area contributed by atoms with E-state index in [1.807, 2.05) is 0 Å². The molecule has 0 saturated carbocycles. The summed E-state index contributed by atoms with van der Waals surface area (Å²) in [5, 5.41) is 0. The van der Waals surface area contributed by atoms with Crippen molar-refractivity contribution in [2.75, 3.05) is 0 Å². The number of halogens is 1. The van der Waals surface area contributed by atoms with Crippen LogP contribution in [0.2, 0.25) is 0 Å². The summed E-state index contributed by atoms with van der Waals surface area (Å²) in [6.07, 6.45) is 1.64. The fourth-order valence-electron chi connectivity index (χ4n) is 0.577. The lowest BCUT2D eigenvalue weighted by molar-refractivity contribution is -0.113. The van der Waals surface area contributed by atoms with E-state index in [-0.39, 0.29) is 11.4 Å². The number of carbonyl (C=O) groups is 1. The second-order valence-corrected chi connectivity index (χ2v) is 2.47. The number of carbonyl (C=O) groups excluding carboxylic acids is 1. The number of rotatable bonds is 2. The monoisotopic (exact) mass is 156 g/mol. The minimum atomic E-state index is -0.403. The van der Waals surface area contributed by atoms with Crippen LogP contribution in [0.25, 0.3) is 0 Å². The molecule has 0 unspecified atom stereocenters. The maximum absolute atomic E-state index is 13.0. The molecule has 0 fully saturated rings. The molecule has 0 rings (SSSR count). The zero-order chi connectivity index (χ0) is 9.02. The molecule has 0 bridgehead atoms. The molecule has 0 aliphatic heterocycles. The Kier molecular flexibility index (Phi) is 3.72. The molecule has 1 nitrogen and oxygen atoms in total. The lowest BCUT2D eigenvalue weighted by Gasteiger charge is -1.99. The predicted molar refractivity (Wildman–Crippen MR) is 43.9 cm³/mol. The molecule has 0 amide bonds. The van der Waals surface area contributed by atoms with Crippen LogP contribution in [0.15, 0.2) is 23.0 Å².